The third-order valence-corrected chi connectivity index (χ3v) is 3.28. The molecule has 0 aliphatic carbocycles. The number of carbonyl (C=O) groups is 1. The third kappa shape index (κ3) is 3.25. The van der Waals surface area contributed by atoms with E-state index in [4.69, 9.17) is 0 Å². The van der Waals surface area contributed by atoms with Gasteiger partial charge in [0, 0.05) is 31.1 Å². The van der Waals surface area contributed by atoms with Crippen LogP contribution in [-0.4, -0.2) is 26.7 Å². The highest BCUT2D eigenvalue weighted by Gasteiger charge is 2.06. The summed E-state index contributed by atoms with van der Waals surface area (Å²) in [6.07, 6.45) is 1.26. The molecule has 100 valence electrons. The van der Waals surface area contributed by atoms with Gasteiger partial charge < -0.3 is 9.64 Å². The van der Waals surface area contributed by atoms with Gasteiger partial charge in [-0.25, -0.2) is 0 Å². The molecular weight excluding hydrogens is 238 g/mol. The van der Waals surface area contributed by atoms with Crippen molar-refractivity contribution in [3.8, 4) is 0 Å². The molecule has 0 radical (unpaired) electrons. The van der Waals surface area contributed by atoms with Gasteiger partial charge in [-0.15, -0.1) is 0 Å². The van der Waals surface area contributed by atoms with Crippen LogP contribution in [0.3, 0.4) is 0 Å². The molecule has 0 saturated heterocycles. The van der Waals surface area contributed by atoms with Crippen LogP contribution in [0.25, 0.3) is 10.8 Å². The number of benzene rings is 2. The molecule has 3 nitrogen and oxygen atoms in total. The standard InChI is InChI=1S/C16H19NO2/c1-17(12-6-11-16(18)19-2)15-10-5-8-13-7-3-4-9-14(13)15/h3-5,7-10H,6,11-12H2,1-2H3. The predicted molar refractivity (Wildman–Crippen MR) is 78.5 cm³/mol. The lowest BCUT2D eigenvalue weighted by molar-refractivity contribution is -0.140. The number of rotatable bonds is 5. The maximum absolute atomic E-state index is 11.1. The molecule has 0 unspecified atom stereocenters. The minimum Gasteiger partial charge on any atom is -0.469 e. The molecule has 0 amide bonds. The number of nitrogens with zero attached hydrogens (tertiary/aromatic N) is 1. The van der Waals surface area contributed by atoms with E-state index in [-0.39, 0.29) is 5.97 Å². The minimum atomic E-state index is -0.147. The van der Waals surface area contributed by atoms with Crippen LogP contribution in [0.4, 0.5) is 5.69 Å². The molecule has 0 spiro atoms. The van der Waals surface area contributed by atoms with Crippen molar-refractivity contribution >= 4 is 22.4 Å². The van der Waals surface area contributed by atoms with Crippen LogP contribution in [0.1, 0.15) is 12.8 Å². The molecule has 0 bridgehead atoms. The van der Waals surface area contributed by atoms with E-state index >= 15 is 0 Å². The first-order valence-electron chi connectivity index (χ1n) is 6.48. The zero-order chi connectivity index (χ0) is 13.7. The predicted octanol–water partition coefficient (Wildman–Crippen LogP) is 3.23. The van der Waals surface area contributed by atoms with E-state index in [0.29, 0.717) is 6.42 Å². The van der Waals surface area contributed by atoms with Gasteiger partial charge in [-0.2, -0.15) is 0 Å². The van der Waals surface area contributed by atoms with E-state index in [1.54, 1.807) is 0 Å². The monoisotopic (exact) mass is 257 g/mol. The average molecular weight is 257 g/mol. The first kappa shape index (κ1) is 13.4. The Balaban J connectivity index is 2.09. The zero-order valence-electron chi connectivity index (χ0n) is 11.4. The van der Waals surface area contributed by atoms with Gasteiger partial charge in [0.05, 0.1) is 7.11 Å². The smallest absolute Gasteiger partial charge is 0.305 e. The molecule has 0 aliphatic rings. The number of carbonyl (C=O) groups excluding carboxylic acids is 1. The van der Waals surface area contributed by atoms with Crippen LogP contribution >= 0.6 is 0 Å². The van der Waals surface area contributed by atoms with Crippen molar-refractivity contribution in [1.82, 2.24) is 0 Å². The quantitative estimate of drug-likeness (QED) is 0.770. The zero-order valence-corrected chi connectivity index (χ0v) is 11.4. The van der Waals surface area contributed by atoms with Gasteiger partial charge in [-0.3, -0.25) is 4.79 Å². The highest BCUT2D eigenvalue weighted by Crippen LogP contribution is 2.25. The second-order valence-electron chi connectivity index (χ2n) is 4.60. The Kier molecular flexibility index (Phi) is 4.39. The number of methoxy groups -OCH3 is 1. The number of hydrogen-bond acceptors (Lipinski definition) is 3. The average Bonchev–Trinajstić information content (AvgIpc) is 2.46. The number of ether oxygens (including phenoxy) is 1. The van der Waals surface area contributed by atoms with Crippen LogP contribution in [0, 0.1) is 0 Å². The maximum Gasteiger partial charge on any atom is 0.305 e. The SMILES string of the molecule is COC(=O)CCCN(C)c1cccc2ccccc12. The largest absolute Gasteiger partial charge is 0.469 e. The van der Waals surface area contributed by atoms with E-state index in [0.717, 1.165) is 13.0 Å². The summed E-state index contributed by atoms with van der Waals surface area (Å²) >= 11 is 0. The van der Waals surface area contributed by atoms with Gasteiger partial charge in [-0.05, 0) is 17.9 Å². The van der Waals surface area contributed by atoms with E-state index in [2.05, 4.69) is 47.0 Å². The fourth-order valence-corrected chi connectivity index (χ4v) is 2.22. The van der Waals surface area contributed by atoms with E-state index in [1.807, 2.05) is 12.1 Å². The van der Waals surface area contributed by atoms with Crippen molar-refractivity contribution in [3.63, 3.8) is 0 Å². The number of anilines is 1. The van der Waals surface area contributed by atoms with Gasteiger partial charge >= 0.3 is 5.97 Å². The van der Waals surface area contributed by atoms with Crippen molar-refractivity contribution in [3.05, 3.63) is 42.5 Å². The molecule has 19 heavy (non-hydrogen) atoms. The summed E-state index contributed by atoms with van der Waals surface area (Å²) in [5.41, 5.74) is 1.20. The Morgan fingerprint density at radius 2 is 1.89 bits per heavy atom. The Labute approximate surface area is 113 Å². The minimum absolute atomic E-state index is 0.147. The molecule has 0 N–H and O–H groups in total. The fraction of sp³-hybridized carbons (Fsp3) is 0.312. The highest BCUT2D eigenvalue weighted by molar-refractivity contribution is 5.94. The van der Waals surface area contributed by atoms with Gasteiger partial charge in [0.25, 0.3) is 0 Å². The van der Waals surface area contributed by atoms with Gasteiger partial charge in [-0.1, -0.05) is 36.4 Å². The summed E-state index contributed by atoms with van der Waals surface area (Å²) in [7, 11) is 3.48. The summed E-state index contributed by atoms with van der Waals surface area (Å²) in [6.45, 7) is 0.836. The molecule has 3 heteroatoms. The topological polar surface area (TPSA) is 29.5 Å². The van der Waals surface area contributed by atoms with Crippen LogP contribution in [0.15, 0.2) is 42.5 Å². The first-order valence-corrected chi connectivity index (χ1v) is 6.48. The normalized spacial score (nSPS) is 10.4. The summed E-state index contributed by atoms with van der Waals surface area (Å²) in [6, 6.07) is 14.6. The van der Waals surface area contributed by atoms with Crippen LogP contribution < -0.4 is 4.90 Å². The molecular formula is C16H19NO2. The molecule has 2 rings (SSSR count). The molecule has 0 atom stereocenters. The summed E-state index contributed by atoms with van der Waals surface area (Å²) < 4.78 is 4.65. The van der Waals surface area contributed by atoms with Gasteiger partial charge in [0.2, 0.25) is 0 Å². The van der Waals surface area contributed by atoms with Crippen molar-refractivity contribution in [2.24, 2.45) is 0 Å². The second kappa shape index (κ2) is 6.23. The van der Waals surface area contributed by atoms with Crippen molar-refractivity contribution in [2.45, 2.75) is 12.8 Å². The summed E-state index contributed by atoms with van der Waals surface area (Å²) in [5, 5.41) is 2.48. The fourth-order valence-electron chi connectivity index (χ4n) is 2.22. The first-order chi connectivity index (χ1) is 9.22. The molecule has 0 aliphatic heterocycles. The molecule has 0 saturated carbocycles. The molecule has 2 aromatic carbocycles. The van der Waals surface area contributed by atoms with Gasteiger partial charge in [0.15, 0.2) is 0 Å². The number of esters is 1. The Bertz CT molecular complexity index is 560. The van der Waals surface area contributed by atoms with Gasteiger partial charge in [0.1, 0.15) is 0 Å². The lowest BCUT2D eigenvalue weighted by Crippen LogP contribution is -2.19. The lowest BCUT2D eigenvalue weighted by atomic mass is 10.1. The second-order valence-corrected chi connectivity index (χ2v) is 4.60. The van der Waals surface area contributed by atoms with Crippen LogP contribution in [0.2, 0.25) is 0 Å². The van der Waals surface area contributed by atoms with Crippen molar-refractivity contribution in [2.75, 3.05) is 25.6 Å². The van der Waals surface area contributed by atoms with Crippen molar-refractivity contribution in [1.29, 1.82) is 0 Å². The number of fused-ring (bicyclic) bond motifs is 1. The Hall–Kier alpha value is -2.03. The van der Waals surface area contributed by atoms with E-state index in [9.17, 15) is 4.79 Å². The molecule has 0 heterocycles. The molecule has 0 aromatic heterocycles. The lowest BCUT2D eigenvalue weighted by Gasteiger charge is -2.21. The van der Waals surface area contributed by atoms with Crippen LogP contribution in [-0.2, 0) is 9.53 Å². The highest BCUT2D eigenvalue weighted by atomic mass is 16.5. The summed E-state index contributed by atoms with van der Waals surface area (Å²) in [5.74, 6) is -0.147. The summed E-state index contributed by atoms with van der Waals surface area (Å²) in [4.78, 5) is 13.3. The third-order valence-electron chi connectivity index (χ3n) is 3.28. The maximum atomic E-state index is 11.1. The van der Waals surface area contributed by atoms with E-state index < -0.39 is 0 Å². The molecule has 0 fully saturated rings. The number of hydrogen-bond donors (Lipinski definition) is 0. The van der Waals surface area contributed by atoms with Crippen molar-refractivity contribution < 1.29 is 9.53 Å². The Morgan fingerprint density at radius 3 is 2.68 bits per heavy atom. The molecule has 2 aromatic rings. The van der Waals surface area contributed by atoms with Crippen LogP contribution in [0.5, 0.6) is 0 Å². The Morgan fingerprint density at radius 1 is 1.16 bits per heavy atom. The van der Waals surface area contributed by atoms with E-state index in [1.165, 1.54) is 23.6 Å².